The van der Waals surface area contributed by atoms with Gasteiger partial charge in [-0.3, -0.25) is 9.69 Å². The van der Waals surface area contributed by atoms with E-state index in [4.69, 9.17) is 0 Å². The smallest absolute Gasteiger partial charge is 0.251 e. The second-order valence-corrected chi connectivity index (χ2v) is 9.58. The molecule has 0 unspecified atom stereocenters. The number of halogens is 1. The van der Waals surface area contributed by atoms with E-state index in [1.807, 2.05) is 0 Å². The molecule has 3 rings (SSSR count). The third kappa shape index (κ3) is 6.49. The van der Waals surface area contributed by atoms with Crippen LogP contribution < -0.4 is 14.9 Å². The number of sulfonamides is 1. The van der Waals surface area contributed by atoms with Crippen molar-refractivity contribution in [3.8, 4) is 0 Å². The molecule has 7 nitrogen and oxygen atoms in total. The number of hydrogen-bond acceptors (Lipinski definition) is 5. The molecule has 1 amide bonds. The van der Waals surface area contributed by atoms with Gasteiger partial charge in [0.2, 0.25) is 10.0 Å². The Kier molecular flexibility index (Phi) is 7.64. The maximum atomic E-state index is 13.1. The molecule has 2 aromatic rings. The van der Waals surface area contributed by atoms with Crippen molar-refractivity contribution in [3.63, 3.8) is 0 Å². The van der Waals surface area contributed by atoms with Crippen LogP contribution >= 0.6 is 0 Å². The molecule has 2 N–H and O–H groups in total. The molecule has 9 heteroatoms. The van der Waals surface area contributed by atoms with Gasteiger partial charge in [-0.25, -0.2) is 17.5 Å². The molecule has 0 bridgehead atoms. The lowest BCUT2D eigenvalue weighted by Gasteiger charge is -2.36. The van der Waals surface area contributed by atoms with E-state index in [9.17, 15) is 17.6 Å². The Balaban J connectivity index is 1.47. The summed E-state index contributed by atoms with van der Waals surface area (Å²) in [4.78, 5) is 17.0. The molecule has 1 fully saturated rings. The van der Waals surface area contributed by atoms with E-state index in [1.165, 1.54) is 24.3 Å². The number of nitrogens with one attached hydrogen (secondary N) is 2. The van der Waals surface area contributed by atoms with Gasteiger partial charge in [0.15, 0.2) is 0 Å². The van der Waals surface area contributed by atoms with E-state index in [2.05, 4.69) is 19.8 Å². The van der Waals surface area contributed by atoms with Gasteiger partial charge in [-0.05, 0) is 56.3 Å². The van der Waals surface area contributed by atoms with Crippen LogP contribution in [0, 0.1) is 5.82 Å². The molecule has 1 aliphatic rings. The number of carbonyl (C=O) groups excluding carboxylic acids is 1. The third-order valence-corrected chi connectivity index (χ3v) is 6.73. The molecule has 168 valence electrons. The molecule has 0 aromatic heterocycles. The zero-order valence-electron chi connectivity index (χ0n) is 17.8. The molecule has 2 aromatic carbocycles. The molecule has 0 spiro atoms. The van der Waals surface area contributed by atoms with E-state index in [0.29, 0.717) is 18.7 Å². The molecular weight excluding hydrogens is 419 g/mol. The predicted octanol–water partition coefficient (Wildman–Crippen LogP) is 2.06. The first kappa shape index (κ1) is 23.2. The summed E-state index contributed by atoms with van der Waals surface area (Å²) in [5, 5.41) is 2.86. The van der Waals surface area contributed by atoms with Crippen molar-refractivity contribution in [2.45, 2.75) is 24.8 Å². The van der Waals surface area contributed by atoms with Gasteiger partial charge in [0.25, 0.3) is 5.91 Å². The van der Waals surface area contributed by atoms with Crippen LogP contribution in [0.4, 0.5) is 10.1 Å². The van der Waals surface area contributed by atoms with E-state index < -0.39 is 10.0 Å². The zero-order valence-corrected chi connectivity index (χ0v) is 18.7. The van der Waals surface area contributed by atoms with Gasteiger partial charge in [-0.1, -0.05) is 6.07 Å². The topological polar surface area (TPSA) is 81.7 Å². The van der Waals surface area contributed by atoms with Crippen LogP contribution in [0.5, 0.6) is 0 Å². The van der Waals surface area contributed by atoms with Crippen LogP contribution in [0.2, 0.25) is 0 Å². The summed E-state index contributed by atoms with van der Waals surface area (Å²) in [6.45, 7) is 8.03. The van der Waals surface area contributed by atoms with Crippen LogP contribution in [-0.2, 0) is 10.0 Å². The monoisotopic (exact) mass is 448 g/mol. The summed E-state index contributed by atoms with van der Waals surface area (Å²) in [7, 11) is -3.65. The standard InChI is InChI=1S/C22H29FN4O3S/c1-17(2)25-31(29,30)21-5-3-4-18(16-21)22(28)24-10-11-26-12-14-27(15-13-26)20-8-6-19(23)7-9-20/h3-9,16-17,25H,10-15H2,1-2H3,(H,24,28). The van der Waals surface area contributed by atoms with Crippen molar-refractivity contribution in [1.29, 1.82) is 0 Å². The summed E-state index contributed by atoms with van der Waals surface area (Å²) in [6, 6.07) is 12.3. The first-order chi connectivity index (χ1) is 14.7. The van der Waals surface area contributed by atoms with Crippen LogP contribution in [0.1, 0.15) is 24.2 Å². The summed E-state index contributed by atoms with van der Waals surface area (Å²) < 4.78 is 40.2. The fourth-order valence-electron chi connectivity index (χ4n) is 3.49. The summed E-state index contributed by atoms with van der Waals surface area (Å²) in [5.74, 6) is -0.538. The predicted molar refractivity (Wildman–Crippen MR) is 119 cm³/mol. The van der Waals surface area contributed by atoms with E-state index in [0.717, 1.165) is 31.9 Å². The molecular formula is C22H29FN4O3S. The molecule has 0 radical (unpaired) electrons. The SMILES string of the molecule is CC(C)NS(=O)(=O)c1cccc(C(=O)NCCN2CCN(c3ccc(F)cc3)CC2)c1. The van der Waals surface area contributed by atoms with Gasteiger partial charge >= 0.3 is 0 Å². The number of hydrogen-bond donors (Lipinski definition) is 2. The number of amides is 1. The highest BCUT2D eigenvalue weighted by molar-refractivity contribution is 7.89. The van der Waals surface area contributed by atoms with E-state index in [1.54, 1.807) is 38.1 Å². The average molecular weight is 449 g/mol. The Bertz CT molecular complexity index is 988. The van der Waals surface area contributed by atoms with E-state index in [-0.39, 0.29) is 22.7 Å². The van der Waals surface area contributed by atoms with Crippen molar-refractivity contribution >= 4 is 21.6 Å². The Morgan fingerprint density at radius 2 is 1.74 bits per heavy atom. The van der Waals surface area contributed by atoms with Crippen LogP contribution in [0.25, 0.3) is 0 Å². The maximum absolute atomic E-state index is 13.1. The molecule has 0 atom stereocenters. The van der Waals surface area contributed by atoms with Gasteiger partial charge in [0.05, 0.1) is 4.90 Å². The van der Waals surface area contributed by atoms with Crippen molar-refractivity contribution in [1.82, 2.24) is 14.9 Å². The molecule has 1 heterocycles. The first-order valence-electron chi connectivity index (χ1n) is 10.4. The number of carbonyl (C=O) groups is 1. The molecule has 1 saturated heterocycles. The summed E-state index contributed by atoms with van der Waals surface area (Å²) in [6.07, 6.45) is 0. The lowest BCUT2D eigenvalue weighted by molar-refractivity contribution is 0.0947. The zero-order chi connectivity index (χ0) is 22.4. The number of anilines is 1. The summed E-state index contributed by atoms with van der Waals surface area (Å²) in [5.41, 5.74) is 1.32. The van der Waals surface area contributed by atoms with Crippen molar-refractivity contribution in [3.05, 3.63) is 59.9 Å². The van der Waals surface area contributed by atoms with Gasteiger partial charge in [-0.2, -0.15) is 0 Å². The number of nitrogens with zero attached hydrogens (tertiary/aromatic N) is 2. The van der Waals surface area contributed by atoms with Gasteiger partial charge < -0.3 is 10.2 Å². The second kappa shape index (κ2) is 10.2. The van der Waals surface area contributed by atoms with Gasteiger partial charge in [0.1, 0.15) is 5.82 Å². The Hall–Kier alpha value is -2.49. The minimum Gasteiger partial charge on any atom is -0.369 e. The fourth-order valence-corrected chi connectivity index (χ4v) is 4.79. The van der Waals surface area contributed by atoms with Crippen LogP contribution in [0.3, 0.4) is 0 Å². The lowest BCUT2D eigenvalue weighted by Crippen LogP contribution is -2.48. The normalized spacial score (nSPS) is 15.3. The minimum absolute atomic E-state index is 0.0748. The Morgan fingerprint density at radius 3 is 2.39 bits per heavy atom. The Labute approximate surface area is 183 Å². The van der Waals surface area contributed by atoms with Gasteiger partial charge in [-0.15, -0.1) is 0 Å². The van der Waals surface area contributed by atoms with Crippen LogP contribution in [-0.4, -0.2) is 64.5 Å². The van der Waals surface area contributed by atoms with E-state index >= 15 is 0 Å². The molecule has 0 aliphatic carbocycles. The average Bonchev–Trinajstić information content (AvgIpc) is 2.74. The third-order valence-electron chi connectivity index (χ3n) is 5.08. The Morgan fingerprint density at radius 1 is 1.06 bits per heavy atom. The molecule has 31 heavy (non-hydrogen) atoms. The molecule has 0 saturated carbocycles. The highest BCUT2D eigenvalue weighted by Crippen LogP contribution is 2.17. The van der Waals surface area contributed by atoms with Gasteiger partial charge in [0, 0.05) is 56.6 Å². The van der Waals surface area contributed by atoms with Crippen molar-refractivity contribution in [2.75, 3.05) is 44.2 Å². The quantitative estimate of drug-likeness (QED) is 0.646. The second-order valence-electron chi connectivity index (χ2n) is 7.86. The number of piperazine rings is 1. The fraction of sp³-hybridized carbons (Fsp3) is 0.409. The number of benzene rings is 2. The highest BCUT2D eigenvalue weighted by Gasteiger charge is 2.19. The number of rotatable bonds is 8. The lowest BCUT2D eigenvalue weighted by atomic mass is 10.2. The maximum Gasteiger partial charge on any atom is 0.251 e. The highest BCUT2D eigenvalue weighted by atomic mass is 32.2. The minimum atomic E-state index is -3.65. The first-order valence-corrected chi connectivity index (χ1v) is 11.9. The van der Waals surface area contributed by atoms with Crippen LogP contribution in [0.15, 0.2) is 53.4 Å². The summed E-state index contributed by atoms with van der Waals surface area (Å²) >= 11 is 0. The molecule has 1 aliphatic heterocycles. The van der Waals surface area contributed by atoms with Crippen molar-refractivity contribution < 1.29 is 17.6 Å². The largest absolute Gasteiger partial charge is 0.369 e. The van der Waals surface area contributed by atoms with Crippen molar-refractivity contribution in [2.24, 2.45) is 0 Å².